The smallest absolute Gasteiger partial charge is 0.125 e. The Morgan fingerprint density at radius 3 is 1.74 bits per heavy atom. The van der Waals surface area contributed by atoms with Crippen molar-refractivity contribution in [3.63, 3.8) is 0 Å². The first-order valence-corrected chi connectivity index (χ1v) is 14.1. The lowest BCUT2D eigenvalue weighted by Gasteiger charge is -2.48. The van der Waals surface area contributed by atoms with E-state index in [1.165, 1.54) is 0 Å². The monoisotopic (exact) mass is 545 g/mol. The normalized spacial score (nSPS) is 17.8. The van der Waals surface area contributed by atoms with Gasteiger partial charge in [0.25, 0.3) is 0 Å². The van der Waals surface area contributed by atoms with Gasteiger partial charge in [0.05, 0.1) is 18.3 Å². The van der Waals surface area contributed by atoms with Gasteiger partial charge in [-0.15, -0.1) is 23.2 Å². The van der Waals surface area contributed by atoms with E-state index in [2.05, 4.69) is 52.0 Å². The highest BCUT2D eigenvalue weighted by atomic mass is 35.5. The molecule has 0 spiro atoms. The molecule has 2 unspecified atom stereocenters. The lowest BCUT2D eigenvalue weighted by molar-refractivity contribution is -0.0290. The lowest BCUT2D eigenvalue weighted by Crippen LogP contribution is -2.50. The first kappa shape index (κ1) is 28.0. The van der Waals surface area contributed by atoms with Crippen LogP contribution in [0.1, 0.15) is 46.9 Å². The molecule has 5 nitrogen and oxygen atoms in total. The van der Waals surface area contributed by atoms with Gasteiger partial charge in [0.15, 0.2) is 0 Å². The molecule has 0 aromatic heterocycles. The molecular formula is C31H33Cl2N5. The van der Waals surface area contributed by atoms with Gasteiger partial charge in [-0.2, -0.15) is 10.5 Å². The van der Waals surface area contributed by atoms with Crippen LogP contribution in [0.3, 0.4) is 0 Å². The topological polar surface area (TPSA) is 57.3 Å². The molecule has 7 heteroatoms. The maximum atomic E-state index is 10.4. The summed E-state index contributed by atoms with van der Waals surface area (Å²) < 4.78 is 0. The summed E-state index contributed by atoms with van der Waals surface area (Å²) in [5, 5.41) is 20.8. The lowest BCUT2D eigenvalue weighted by atomic mass is 9.94. The molecule has 0 saturated carbocycles. The molecule has 1 heterocycles. The number of hydrogen-bond donors (Lipinski definition) is 0. The number of anilines is 1. The first-order chi connectivity index (χ1) is 18.6. The highest BCUT2D eigenvalue weighted by Crippen LogP contribution is 2.42. The summed E-state index contributed by atoms with van der Waals surface area (Å²) in [5.41, 5.74) is 5.19. The Bertz CT molecular complexity index is 1180. The van der Waals surface area contributed by atoms with Crippen LogP contribution in [0.2, 0.25) is 0 Å². The van der Waals surface area contributed by atoms with Gasteiger partial charge in [-0.25, -0.2) is 0 Å². The van der Waals surface area contributed by atoms with Crippen molar-refractivity contribution in [1.82, 2.24) is 9.80 Å². The molecule has 196 valence electrons. The number of rotatable bonds is 10. The quantitative estimate of drug-likeness (QED) is 0.262. The first-order valence-electron chi connectivity index (χ1n) is 13.0. The third-order valence-electron chi connectivity index (χ3n) is 7.20. The second-order valence-corrected chi connectivity index (χ2v) is 10.2. The zero-order valence-electron chi connectivity index (χ0n) is 21.7. The molecule has 2 atom stereocenters. The maximum Gasteiger partial charge on any atom is 0.125 e. The largest absolute Gasteiger partial charge is 0.369 e. The van der Waals surface area contributed by atoms with Gasteiger partial charge in [-0.1, -0.05) is 66.7 Å². The zero-order valence-corrected chi connectivity index (χ0v) is 23.2. The predicted octanol–water partition coefficient (Wildman–Crippen LogP) is 6.82. The SMILES string of the molecule is Cc1cc(N(CCCl)CCCl)ccc1C1N(C(C#N)c2ccccc2)CCCN1C(C#N)c1ccccc1. The zero-order chi connectivity index (χ0) is 26.9. The molecule has 1 aliphatic rings. The Labute approximate surface area is 236 Å². The summed E-state index contributed by atoms with van der Waals surface area (Å²) in [6.45, 7) is 5.05. The molecule has 0 radical (unpaired) electrons. The highest BCUT2D eigenvalue weighted by Gasteiger charge is 2.40. The molecule has 0 N–H and O–H groups in total. The van der Waals surface area contributed by atoms with Crippen molar-refractivity contribution in [1.29, 1.82) is 10.5 Å². The van der Waals surface area contributed by atoms with E-state index in [0.717, 1.165) is 47.5 Å². The van der Waals surface area contributed by atoms with Crippen molar-refractivity contribution in [2.75, 3.05) is 42.8 Å². The van der Waals surface area contributed by atoms with Gasteiger partial charge in [0.1, 0.15) is 12.1 Å². The van der Waals surface area contributed by atoms with Crippen LogP contribution in [0.15, 0.2) is 78.9 Å². The Hall–Kier alpha value is -3.06. The van der Waals surface area contributed by atoms with Crippen LogP contribution >= 0.6 is 23.2 Å². The summed E-state index contributed by atoms with van der Waals surface area (Å²) in [5.74, 6) is 1.04. The van der Waals surface area contributed by atoms with Gasteiger partial charge in [-0.3, -0.25) is 9.80 Å². The number of halogens is 2. The van der Waals surface area contributed by atoms with Crippen molar-refractivity contribution in [3.8, 4) is 12.1 Å². The van der Waals surface area contributed by atoms with E-state index in [0.29, 0.717) is 24.8 Å². The van der Waals surface area contributed by atoms with E-state index in [1.807, 2.05) is 60.7 Å². The fraction of sp³-hybridized carbons (Fsp3) is 0.355. The number of aryl methyl sites for hydroxylation is 1. The maximum absolute atomic E-state index is 10.4. The van der Waals surface area contributed by atoms with Crippen LogP contribution in [-0.2, 0) is 0 Å². The Kier molecular flexibility index (Phi) is 10.0. The van der Waals surface area contributed by atoms with Crippen molar-refractivity contribution in [3.05, 3.63) is 101 Å². The molecule has 0 aliphatic carbocycles. The van der Waals surface area contributed by atoms with Crippen LogP contribution in [0.4, 0.5) is 5.69 Å². The van der Waals surface area contributed by atoms with Gasteiger partial charge in [0, 0.05) is 43.6 Å². The Balaban J connectivity index is 1.82. The van der Waals surface area contributed by atoms with Crippen molar-refractivity contribution in [2.45, 2.75) is 31.6 Å². The van der Waals surface area contributed by atoms with E-state index < -0.39 is 12.1 Å². The fourth-order valence-corrected chi connectivity index (χ4v) is 5.85. The van der Waals surface area contributed by atoms with E-state index in [1.54, 1.807) is 0 Å². The van der Waals surface area contributed by atoms with Crippen molar-refractivity contribution >= 4 is 28.9 Å². The molecule has 38 heavy (non-hydrogen) atoms. The second kappa shape index (κ2) is 13.7. The molecule has 4 rings (SSSR count). The summed E-state index contributed by atoms with van der Waals surface area (Å²) in [6, 6.07) is 30.5. The Morgan fingerprint density at radius 1 is 0.816 bits per heavy atom. The molecule has 3 aromatic rings. The van der Waals surface area contributed by atoms with Crippen molar-refractivity contribution in [2.24, 2.45) is 0 Å². The fourth-order valence-electron chi connectivity index (χ4n) is 5.44. The number of benzene rings is 3. The molecular weight excluding hydrogens is 513 g/mol. The third-order valence-corrected chi connectivity index (χ3v) is 7.54. The van der Waals surface area contributed by atoms with Crippen LogP contribution < -0.4 is 4.90 Å². The van der Waals surface area contributed by atoms with Crippen LogP contribution in [-0.4, -0.2) is 47.7 Å². The van der Waals surface area contributed by atoms with E-state index in [9.17, 15) is 10.5 Å². The van der Waals surface area contributed by atoms with Crippen molar-refractivity contribution < 1.29 is 0 Å². The number of alkyl halides is 2. The van der Waals surface area contributed by atoms with Crippen LogP contribution in [0.25, 0.3) is 0 Å². The molecule has 1 aliphatic heterocycles. The Morgan fingerprint density at radius 2 is 1.32 bits per heavy atom. The van der Waals surface area contributed by atoms with Gasteiger partial charge >= 0.3 is 0 Å². The molecule has 0 amide bonds. The third kappa shape index (κ3) is 6.15. The van der Waals surface area contributed by atoms with Gasteiger partial charge < -0.3 is 4.90 Å². The van der Waals surface area contributed by atoms with Gasteiger partial charge in [0.2, 0.25) is 0 Å². The molecule has 0 bridgehead atoms. The van der Waals surface area contributed by atoms with E-state index >= 15 is 0 Å². The average molecular weight is 547 g/mol. The number of hydrogen-bond acceptors (Lipinski definition) is 5. The summed E-state index contributed by atoms with van der Waals surface area (Å²) >= 11 is 12.1. The minimum absolute atomic E-state index is 0.248. The van der Waals surface area contributed by atoms with Gasteiger partial charge in [-0.05, 0) is 47.7 Å². The minimum atomic E-state index is -0.442. The second-order valence-electron chi connectivity index (χ2n) is 9.49. The van der Waals surface area contributed by atoms with Crippen LogP contribution in [0.5, 0.6) is 0 Å². The molecule has 1 fully saturated rings. The number of nitrogens with zero attached hydrogens (tertiary/aromatic N) is 5. The minimum Gasteiger partial charge on any atom is -0.369 e. The summed E-state index contributed by atoms with van der Waals surface area (Å²) in [4.78, 5) is 6.70. The highest BCUT2D eigenvalue weighted by molar-refractivity contribution is 6.18. The predicted molar refractivity (Wildman–Crippen MR) is 155 cm³/mol. The van der Waals surface area contributed by atoms with E-state index in [4.69, 9.17) is 23.2 Å². The molecule has 1 saturated heterocycles. The molecule has 3 aromatic carbocycles. The summed E-state index contributed by atoms with van der Waals surface area (Å²) in [6.07, 6.45) is 0.616. The number of nitriles is 2. The van der Waals surface area contributed by atoms with Crippen LogP contribution in [0, 0.1) is 29.6 Å². The average Bonchev–Trinajstić information content (AvgIpc) is 2.95. The summed E-state index contributed by atoms with van der Waals surface area (Å²) in [7, 11) is 0. The van der Waals surface area contributed by atoms with E-state index in [-0.39, 0.29) is 6.17 Å². The standard InChI is InChI=1S/C31H33Cl2N5/c1-24-21-27(36(19-15-32)20-16-33)13-14-28(24)31-37(29(22-34)25-9-4-2-5-10-25)17-8-18-38(31)30(23-35)26-11-6-3-7-12-26/h2-7,9-14,21,29-31H,8,15-20H2,1H3.